The average Bonchev–Trinajstić information content (AvgIpc) is 3.37. The minimum Gasteiger partial charge on any atom is -0.477 e. The zero-order valence-electron chi connectivity index (χ0n) is 17.0. The first-order valence-electron chi connectivity index (χ1n) is 9.98. The fourth-order valence-corrected chi connectivity index (χ4v) is 4.68. The highest BCUT2D eigenvalue weighted by Gasteiger charge is 2.17. The number of para-hydroxylation sites is 3. The number of hydrogen-bond acceptors (Lipinski definition) is 4. The Morgan fingerprint density at radius 1 is 1.06 bits per heavy atom. The van der Waals surface area contributed by atoms with Crippen molar-refractivity contribution < 1.29 is 14.3 Å². The molecule has 2 heterocycles. The zero-order chi connectivity index (χ0) is 22.9. The van der Waals surface area contributed by atoms with Crippen LogP contribution >= 0.6 is 35.0 Å². The molecule has 5 rings (SSSR count). The Labute approximate surface area is 203 Å². The molecule has 3 aromatic carbocycles. The number of rotatable bonds is 6. The number of carboxylic acids is 1. The van der Waals surface area contributed by atoms with Gasteiger partial charge in [0.2, 0.25) is 0 Å². The van der Waals surface area contributed by atoms with E-state index in [0.717, 1.165) is 33.8 Å². The van der Waals surface area contributed by atoms with E-state index in [1.165, 1.54) is 0 Å². The van der Waals surface area contributed by atoms with E-state index in [1.807, 2.05) is 60.8 Å². The number of nitrogens with zero attached hydrogens (tertiary/aromatic N) is 2. The van der Waals surface area contributed by atoms with Crippen molar-refractivity contribution in [1.29, 1.82) is 0 Å². The molecule has 0 bridgehead atoms. The number of aromatic nitrogens is 2. The van der Waals surface area contributed by atoms with Crippen molar-refractivity contribution >= 4 is 69.0 Å². The fraction of sp³-hybridized carbons (Fsp3) is 0.0400. The lowest BCUT2D eigenvalue weighted by Gasteiger charge is -2.06. The number of benzene rings is 3. The molecule has 0 spiro atoms. The number of carboxylic acid groups (broad SMARTS) is 1. The Morgan fingerprint density at radius 2 is 1.85 bits per heavy atom. The molecule has 0 atom stereocenters. The van der Waals surface area contributed by atoms with Gasteiger partial charge in [0.15, 0.2) is 5.58 Å². The maximum absolute atomic E-state index is 12.0. The van der Waals surface area contributed by atoms with E-state index in [0.29, 0.717) is 27.7 Å². The summed E-state index contributed by atoms with van der Waals surface area (Å²) in [5, 5.41) is 12.1. The summed E-state index contributed by atoms with van der Waals surface area (Å²) in [7, 11) is 0. The van der Waals surface area contributed by atoms with Crippen molar-refractivity contribution in [3.8, 4) is 0 Å². The number of fused-ring (bicyclic) bond motifs is 2. The van der Waals surface area contributed by atoms with Gasteiger partial charge in [-0.05, 0) is 53.7 Å². The molecule has 33 heavy (non-hydrogen) atoms. The van der Waals surface area contributed by atoms with Crippen molar-refractivity contribution in [2.75, 3.05) is 0 Å². The van der Waals surface area contributed by atoms with Crippen molar-refractivity contribution in [2.24, 2.45) is 0 Å². The number of aliphatic carboxylic acids is 1. The Kier molecular flexibility index (Phi) is 5.89. The van der Waals surface area contributed by atoms with Crippen LogP contribution < -0.4 is 0 Å². The van der Waals surface area contributed by atoms with Crippen LogP contribution in [0.15, 0.2) is 87.5 Å². The van der Waals surface area contributed by atoms with Gasteiger partial charge in [-0.15, -0.1) is 0 Å². The summed E-state index contributed by atoms with van der Waals surface area (Å²) in [5.74, 6) is -1.05. The van der Waals surface area contributed by atoms with Gasteiger partial charge in [-0.25, -0.2) is 9.78 Å². The Morgan fingerprint density at radius 3 is 2.64 bits per heavy atom. The van der Waals surface area contributed by atoms with E-state index in [2.05, 4.69) is 9.55 Å². The monoisotopic (exact) mass is 494 g/mol. The van der Waals surface area contributed by atoms with Gasteiger partial charge >= 0.3 is 5.97 Å². The van der Waals surface area contributed by atoms with E-state index in [4.69, 9.17) is 27.6 Å². The summed E-state index contributed by atoms with van der Waals surface area (Å²) in [4.78, 5) is 16.5. The van der Waals surface area contributed by atoms with Gasteiger partial charge < -0.3 is 14.1 Å². The van der Waals surface area contributed by atoms with Crippen LogP contribution in [-0.4, -0.2) is 20.6 Å². The second kappa shape index (κ2) is 8.98. The first kappa shape index (κ1) is 21.6. The predicted molar refractivity (Wildman–Crippen MR) is 133 cm³/mol. The molecule has 0 aliphatic rings. The van der Waals surface area contributed by atoms with Crippen LogP contribution in [0.1, 0.15) is 11.1 Å². The maximum atomic E-state index is 12.0. The Bertz CT molecular complexity index is 1500. The number of hydrogen-bond donors (Lipinski definition) is 1. The molecular formula is C25H16Cl2N2O3S. The predicted octanol–water partition coefficient (Wildman–Crippen LogP) is 7.36. The average molecular weight is 495 g/mol. The van der Waals surface area contributed by atoms with E-state index in [1.54, 1.807) is 18.2 Å². The van der Waals surface area contributed by atoms with Gasteiger partial charge in [0.25, 0.3) is 5.22 Å². The highest BCUT2D eigenvalue weighted by Crippen LogP contribution is 2.33. The van der Waals surface area contributed by atoms with Crippen LogP contribution in [0.2, 0.25) is 10.0 Å². The van der Waals surface area contributed by atoms with Gasteiger partial charge in [-0.2, -0.15) is 0 Å². The molecular weight excluding hydrogens is 479 g/mol. The SMILES string of the molecule is O=C(O)/C(=C/c1cn(Cc2ccc(Cl)c(Cl)c2)c2ccccc12)Sc1nc2ccccc2o1. The van der Waals surface area contributed by atoms with E-state index in [-0.39, 0.29) is 10.1 Å². The molecule has 0 radical (unpaired) electrons. The maximum Gasteiger partial charge on any atom is 0.342 e. The highest BCUT2D eigenvalue weighted by atomic mass is 35.5. The topological polar surface area (TPSA) is 68.3 Å². The van der Waals surface area contributed by atoms with Gasteiger partial charge in [0.05, 0.1) is 10.0 Å². The summed E-state index contributed by atoms with van der Waals surface area (Å²) in [6.07, 6.45) is 3.58. The molecule has 0 aliphatic heterocycles. The molecule has 0 amide bonds. The van der Waals surface area contributed by atoms with Crippen molar-refractivity contribution in [1.82, 2.24) is 9.55 Å². The van der Waals surface area contributed by atoms with Gasteiger partial charge in [0, 0.05) is 29.2 Å². The number of halogens is 2. The summed E-state index contributed by atoms with van der Waals surface area (Å²) >= 11 is 13.2. The van der Waals surface area contributed by atoms with Gasteiger partial charge in [0.1, 0.15) is 10.4 Å². The molecule has 0 aliphatic carbocycles. The van der Waals surface area contributed by atoms with Crippen LogP contribution in [0.3, 0.4) is 0 Å². The minimum atomic E-state index is -1.05. The Balaban J connectivity index is 1.53. The second-order valence-corrected chi connectivity index (χ2v) is 9.15. The normalized spacial score (nSPS) is 12.0. The molecule has 0 saturated heterocycles. The van der Waals surface area contributed by atoms with E-state index >= 15 is 0 Å². The molecule has 5 nitrogen and oxygen atoms in total. The smallest absolute Gasteiger partial charge is 0.342 e. The molecule has 0 unspecified atom stereocenters. The molecule has 164 valence electrons. The van der Waals surface area contributed by atoms with E-state index in [9.17, 15) is 9.90 Å². The molecule has 0 saturated carbocycles. The lowest BCUT2D eigenvalue weighted by molar-refractivity contribution is -0.131. The van der Waals surface area contributed by atoms with Crippen LogP contribution in [0.25, 0.3) is 28.1 Å². The lowest BCUT2D eigenvalue weighted by Crippen LogP contribution is -1.98. The molecule has 2 aromatic heterocycles. The summed E-state index contributed by atoms with van der Waals surface area (Å²) in [5.41, 5.74) is 4.05. The molecule has 5 aromatic rings. The van der Waals surface area contributed by atoms with Crippen molar-refractivity contribution in [3.05, 3.63) is 99.0 Å². The largest absolute Gasteiger partial charge is 0.477 e. The molecule has 0 fully saturated rings. The third kappa shape index (κ3) is 4.50. The van der Waals surface area contributed by atoms with Gasteiger partial charge in [-0.3, -0.25) is 0 Å². The molecule has 8 heteroatoms. The number of carbonyl (C=O) groups is 1. The van der Waals surface area contributed by atoms with E-state index < -0.39 is 5.97 Å². The van der Waals surface area contributed by atoms with Crippen molar-refractivity contribution in [2.45, 2.75) is 11.8 Å². The summed E-state index contributed by atoms with van der Waals surface area (Å²) in [6, 6.07) is 20.7. The highest BCUT2D eigenvalue weighted by molar-refractivity contribution is 8.03. The van der Waals surface area contributed by atoms with Gasteiger partial charge in [-0.1, -0.05) is 59.6 Å². The third-order valence-corrected chi connectivity index (χ3v) is 6.73. The van der Waals surface area contributed by atoms with Crippen LogP contribution in [-0.2, 0) is 11.3 Å². The number of oxazole rings is 1. The fourth-order valence-electron chi connectivity index (χ4n) is 3.62. The second-order valence-electron chi connectivity index (χ2n) is 7.34. The summed E-state index contributed by atoms with van der Waals surface area (Å²) < 4.78 is 7.76. The minimum absolute atomic E-state index is 0.110. The lowest BCUT2D eigenvalue weighted by atomic mass is 10.1. The third-order valence-electron chi connectivity index (χ3n) is 5.13. The first-order valence-corrected chi connectivity index (χ1v) is 11.6. The Hall–Kier alpha value is -3.19. The standard InChI is InChI=1S/C25H16Cl2N2O3S/c26-18-10-9-15(11-19(18)27)13-29-14-16(17-5-1-3-7-21(17)29)12-23(24(30)31)33-25-28-20-6-2-4-8-22(20)32-25/h1-12,14H,13H2,(H,30,31)/b23-12-. The summed E-state index contributed by atoms with van der Waals surface area (Å²) in [6.45, 7) is 0.561. The van der Waals surface area contributed by atoms with Crippen LogP contribution in [0.4, 0.5) is 0 Å². The quantitative estimate of drug-likeness (QED) is 0.197. The molecule has 1 N–H and O–H groups in total. The van der Waals surface area contributed by atoms with Crippen molar-refractivity contribution in [3.63, 3.8) is 0 Å². The van der Waals surface area contributed by atoms with Crippen LogP contribution in [0, 0.1) is 0 Å². The first-order chi connectivity index (χ1) is 16.0. The van der Waals surface area contributed by atoms with Crippen LogP contribution in [0.5, 0.6) is 0 Å². The number of thioether (sulfide) groups is 1. The zero-order valence-corrected chi connectivity index (χ0v) is 19.4.